The zero-order valence-corrected chi connectivity index (χ0v) is 22.3. The van der Waals surface area contributed by atoms with Crippen molar-refractivity contribution in [2.75, 3.05) is 37.2 Å². The molecule has 2 aromatic rings. The van der Waals surface area contributed by atoms with E-state index in [4.69, 9.17) is 17.3 Å². The zero-order chi connectivity index (χ0) is 27.3. The zero-order valence-electron chi connectivity index (χ0n) is 21.5. The molecule has 4 rings (SSSR count). The van der Waals surface area contributed by atoms with E-state index in [9.17, 15) is 18.0 Å². The summed E-state index contributed by atoms with van der Waals surface area (Å²) >= 11 is 5.77. The monoisotopic (exact) mass is 546 g/mol. The van der Waals surface area contributed by atoms with Crippen LogP contribution in [0, 0.1) is 5.41 Å². The van der Waals surface area contributed by atoms with Gasteiger partial charge in [0.1, 0.15) is 0 Å². The number of carbonyl (C=O) groups excluding carboxylic acids is 1. The van der Waals surface area contributed by atoms with Gasteiger partial charge in [0.2, 0.25) is 0 Å². The lowest BCUT2D eigenvalue weighted by atomic mass is 9.69. The number of halogens is 4. The van der Waals surface area contributed by atoms with Gasteiger partial charge in [-0.15, -0.1) is 0 Å². The molecule has 1 saturated heterocycles. The molecule has 1 aliphatic carbocycles. The number of alkyl halides is 3. The minimum absolute atomic E-state index is 0.0454. The molecule has 0 bridgehead atoms. The van der Waals surface area contributed by atoms with E-state index in [0.717, 1.165) is 69.1 Å². The molecule has 0 unspecified atom stereocenters. The third-order valence-corrected chi connectivity index (χ3v) is 7.80. The lowest BCUT2D eigenvalue weighted by Crippen LogP contribution is -2.48. The summed E-state index contributed by atoms with van der Waals surface area (Å²) in [5.41, 5.74) is 8.73. The second-order valence-electron chi connectivity index (χ2n) is 10.1. The molecule has 5 nitrogen and oxygen atoms in total. The molecule has 204 valence electrons. The van der Waals surface area contributed by atoms with Crippen LogP contribution in [0.4, 0.5) is 29.3 Å². The standard InChI is InChI=1S/C29H34ClF3N4O/c1-2-14-37-15-12-28(13-16-37,22-8-6-20(7-9-22)21-4-3-5-24(34)17-21)19-35-27(38)36-26-11-10-23(30)18-25(26)29(31,32)33/h3-6,8,10-11,17-18H,2,7,9,12-16,19,34H2,1H3,(H2,35,36,38). The summed E-state index contributed by atoms with van der Waals surface area (Å²) in [6.07, 6.45) is 4.20. The number of nitrogens with one attached hydrogen (secondary N) is 2. The Balaban J connectivity index is 1.52. The molecule has 38 heavy (non-hydrogen) atoms. The molecule has 0 radical (unpaired) electrons. The molecule has 2 amide bonds. The summed E-state index contributed by atoms with van der Waals surface area (Å²) in [6.45, 7) is 5.36. The first-order valence-electron chi connectivity index (χ1n) is 13.0. The topological polar surface area (TPSA) is 70.4 Å². The molecule has 2 aromatic carbocycles. The van der Waals surface area contributed by atoms with Gasteiger partial charge in [-0.3, -0.25) is 0 Å². The maximum Gasteiger partial charge on any atom is 0.418 e. The number of nitrogen functional groups attached to an aromatic ring is 1. The number of allylic oxidation sites excluding steroid dienone is 3. The van der Waals surface area contributed by atoms with Gasteiger partial charge in [0, 0.05) is 22.7 Å². The number of nitrogens with two attached hydrogens (primary N) is 1. The van der Waals surface area contributed by atoms with E-state index in [1.807, 2.05) is 18.2 Å². The largest absolute Gasteiger partial charge is 0.418 e. The van der Waals surface area contributed by atoms with Crippen LogP contribution in [0.25, 0.3) is 5.57 Å². The smallest absolute Gasteiger partial charge is 0.399 e. The summed E-state index contributed by atoms with van der Waals surface area (Å²) in [7, 11) is 0. The number of urea groups is 1. The minimum atomic E-state index is -4.64. The second kappa shape index (κ2) is 11.8. The minimum Gasteiger partial charge on any atom is -0.399 e. The Labute approximate surface area is 226 Å². The van der Waals surface area contributed by atoms with Crippen molar-refractivity contribution in [2.45, 2.75) is 45.2 Å². The van der Waals surface area contributed by atoms with Crippen LogP contribution in [0.15, 0.2) is 60.2 Å². The van der Waals surface area contributed by atoms with Crippen LogP contribution >= 0.6 is 11.6 Å². The predicted octanol–water partition coefficient (Wildman–Crippen LogP) is 7.36. The first-order valence-corrected chi connectivity index (χ1v) is 13.4. The molecule has 0 aromatic heterocycles. The van der Waals surface area contributed by atoms with Crippen molar-refractivity contribution in [1.82, 2.24) is 10.2 Å². The predicted molar refractivity (Wildman–Crippen MR) is 148 cm³/mol. The number of benzene rings is 2. The fraction of sp³-hybridized carbons (Fsp3) is 0.414. The summed E-state index contributed by atoms with van der Waals surface area (Å²) in [5.74, 6) is 0. The van der Waals surface area contributed by atoms with Crippen molar-refractivity contribution >= 4 is 34.6 Å². The molecule has 9 heteroatoms. The summed E-state index contributed by atoms with van der Waals surface area (Å²) < 4.78 is 40.4. The Morgan fingerprint density at radius 2 is 1.87 bits per heavy atom. The number of likely N-dealkylation sites (tertiary alicyclic amines) is 1. The van der Waals surface area contributed by atoms with Gasteiger partial charge in [0.15, 0.2) is 0 Å². The maximum absolute atomic E-state index is 13.5. The molecule has 2 aliphatic rings. The van der Waals surface area contributed by atoms with E-state index >= 15 is 0 Å². The molecular formula is C29H34ClF3N4O. The number of hydrogen-bond acceptors (Lipinski definition) is 3. The van der Waals surface area contributed by atoms with E-state index in [0.29, 0.717) is 6.54 Å². The molecule has 1 fully saturated rings. The normalized spacial score (nSPS) is 17.9. The summed E-state index contributed by atoms with van der Waals surface area (Å²) in [4.78, 5) is 15.2. The van der Waals surface area contributed by atoms with Gasteiger partial charge in [-0.2, -0.15) is 13.2 Å². The number of amides is 2. The number of carbonyl (C=O) groups is 1. The average Bonchev–Trinajstić information content (AvgIpc) is 2.89. The van der Waals surface area contributed by atoms with Crippen LogP contribution in [-0.2, 0) is 6.18 Å². The van der Waals surface area contributed by atoms with Gasteiger partial charge < -0.3 is 21.3 Å². The van der Waals surface area contributed by atoms with Crippen molar-refractivity contribution in [2.24, 2.45) is 5.41 Å². The SMILES string of the molecule is CCCN1CCC(CNC(=O)Nc2ccc(Cl)cc2C(F)(F)F)(C2=CC=C(c3cccc(N)c3)CC2)CC1. The van der Waals surface area contributed by atoms with E-state index in [1.54, 1.807) is 0 Å². The Hall–Kier alpha value is -2.97. The van der Waals surface area contributed by atoms with E-state index in [2.05, 4.69) is 40.7 Å². The Bertz CT molecular complexity index is 1220. The molecule has 1 aliphatic heterocycles. The van der Waals surface area contributed by atoms with Crippen LogP contribution in [-0.4, -0.2) is 37.1 Å². The van der Waals surface area contributed by atoms with Crippen molar-refractivity contribution in [3.63, 3.8) is 0 Å². The highest BCUT2D eigenvalue weighted by Crippen LogP contribution is 2.44. The van der Waals surface area contributed by atoms with Gasteiger partial charge in [-0.05, 0) is 93.2 Å². The number of nitrogens with zero attached hydrogens (tertiary/aromatic N) is 1. The number of hydrogen-bond donors (Lipinski definition) is 3. The first kappa shape index (κ1) is 28.0. The first-order chi connectivity index (χ1) is 18.1. The lowest BCUT2D eigenvalue weighted by molar-refractivity contribution is -0.136. The van der Waals surface area contributed by atoms with Crippen molar-refractivity contribution < 1.29 is 18.0 Å². The van der Waals surface area contributed by atoms with Crippen molar-refractivity contribution in [1.29, 1.82) is 0 Å². The Morgan fingerprint density at radius 3 is 2.50 bits per heavy atom. The Morgan fingerprint density at radius 1 is 1.11 bits per heavy atom. The van der Waals surface area contributed by atoms with E-state index < -0.39 is 17.8 Å². The third-order valence-electron chi connectivity index (χ3n) is 7.56. The Kier molecular flexibility index (Phi) is 8.73. The quantitative estimate of drug-likeness (QED) is 0.318. The van der Waals surface area contributed by atoms with Gasteiger partial charge in [-0.25, -0.2) is 4.79 Å². The van der Waals surface area contributed by atoms with E-state index in [-0.39, 0.29) is 16.1 Å². The van der Waals surface area contributed by atoms with Gasteiger partial charge in [0.25, 0.3) is 0 Å². The van der Waals surface area contributed by atoms with Gasteiger partial charge in [-0.1, -0.05) is 48.4 Å². The molecule has 0 spiro atoms. The van der Waals surface area contributed by atoms with Crippen LogP contribution in [0.3, 0.4) is 0 Å². The highest BCUT2D eigenvalue weighted by Gasteiger charge is 2.39. The lowest BCUT2D eigenvalue weighted by Gasteiger charge is -2.44. The third kappa shape index (κ3) is 6.72. The highest BCUT2D eigenvalue weighted by atomic mass is 35.5. The van der Waals surface area contributed by atoms with Gasteiger partial charge in [0.05, 0.1) is 11.3 Å². The van der Waals surface area contributed by atoms with Crippen molar-refractivity contribution in [3.05, 3.63) is 76.3 Å². The van der Waals surface area contributed by atoms with Crippen LogP contribution in [0.2, 0.25) is 5.02 Å². The fourth-order valence-electron chi connectivity index (χ4n) is 5.47. The van der Waals surface area contributed by atoms with Crippen molar-refractivity contribution in [3.8, 4) is 0 Å². The maximum atomic E-state index is 13.5. The van der Waals surface area contributed by atoms with E-state index in [1.165, 1.54) is 23.3 Å². The molecule has 0 atom stereocenters. The number of rotatable bonds is 7. The number of anilines is 2. The summed E-state index contributed by atoms with van der Waals surface area (Å²) in [5, 5.41) is 5.22. The average molecular weight is 547 g/mol. The number of piperidine rings is 1. The molecule has 4 N–H and O–H groups in total. The van der Waals surface area contributed by atoms with Crippen LogP contribution < -0.4 is 16.4 Å². The molecular weight excluding hydrogens is 513 g/mol. The van der Waals surface area contributed by atoms with Crippen LogP contribution in [0.5, 0.6) is 0 Å². The van der Waals surface area contributed by atoms with Gasteiger partial charge >= 0.3 is 12.2 Å². The second-order valence-corrected chi connectivity index (χ2v) is 10.6. The van der Waals surface area contributed by atoms with Crippen LogP contribution in [0.1, 0.15) is 50.2 Å². The molecule has 1 heterocycles. The highest BCUT2D eigenvalue weighted by molar-refractivity contribution is 6.30. The molecule has 0 saturated carbocycles. The fourth-order valence-corrected chi connectivity index (χ4v) is 5.64. The summed E-state index contributed by atoms with van der Waals surface area (Å²) in [6, 6.07) is 10.5.